The van der Waals surface area contributed by atoms with Gasteiger partial charge in [0.25, 0.3) is 5.91 Å². The van der Waals surface area contributed by atoms with Crippen LogP contribution in [0.15, 0.2) is 48.5 Å². The van der Waals surface area contributed by atoms with Crippen LogP contribution in [0, 0.1) is 0 Å². The van der Waals surface area contributed by atoms with Gasteiger partial charge in [-0.1, -0.05) is 35.9 Å². The number of likely N-dealkylation sites (tertiary alicyclic amines) is 1. The highest BCUT2D eigenvalue weighted by Crippen LogP contribution is 2.22. The number of carbonyl (C=O) groups excluding carboxylic acids is 1. The predicted octanol–water partition coefficient (Wildman–Crippen LogP) is 3.51. The summed E-state index contributed by atoms with van der Waals surface area (Å²) in [6.45, 7) is 3.79. The number of hydrogen-bond donors (Lipinski definition) is 2. The average molecular weight is 358 g/mol. The summed E-state index contributed by atoms with van der Waals surface area (Å²) in [4.78, 5) is 14.9. The molecule has 1 heterocycles. The van der Waals surface area contributed by atoms with Gasteiger partial charge in [-0.2, -0.15) is 0 Å². The zero-order chi connectivity index (χ0) is 17.8. The van der Waals surface area contributed by atoms with Crippen LogP contribution in [0.1, 0.15) is 30.1 Å². The van der Waals surface area contributed by atoms with Crippen molar-refractivity contribution in [2.75, 3.05) is 13.1 Å². The molecule has 2 aromatic rings. The van der Waals surface area contributed by atoms with Crippen molar-refractivity contribution < 1.29 is 4.79 Å². The van der Waals surface area contributed by atoms with Gasteiger partial charge in [0, 0.05) is 23.2 Å². The smallest absolute Gasteiger partial charge is 0.251 e. The van der Waals surface area contributed by atoms with Gasteiger partial charge in [0.15, 0.2) is 0 Å². The van der Waals surface area contributed by atoms with Crippen LogP contribution < -0.4 is 11.1 Å². The first kappa shape index (κ1) is 17.9. The highest BCUT2D eigenvalue weighted by molar-refractivity contribution is 6.30. The highest BCUT2D eigenvalue weighted by Gasteiger charge is 2.23. The largest absolute Gasteiger partial charge is 0.348 e. The average Bonchev–Trinajstić information content (AvgIpc) is 2.62. The molecule has 0 spiro atoms. The van der Waals surface area contributed by atoms with Crippen molar-refractivity contribution in [3.63, 3.8) is 0 Å². The molecular weight excluding hydrogens is 334 g/mol. The van der Waals surface area contributed by atoms with E-state index in [1.807, 2.05) is 55.5 Å². The van der Waals surface area contributed by atoms with Crippen molar-refractivity contribution >= 4 is 17.5 Å². The fourth-order valence-corrected chi connectivity index (χ4v) is 3.37. The molecule has 25 heavy (non-hydrogen) atoms. The van der Waals surface area contributed by atoms with Crippen LogP contribution in [0.4, 0.5) is 0 Å². The van der Waals surface area contributed by atoms with Gasteiger partial charge in [-0.05, 0) is 61.7 Å². The van der Waals surface area contributed by atoms with E-state index in [1.54, 1.807) is 0 Å². The fourth-order valence-electron chi connectivity index (χ4n) is 3.25. The summed E-state index contributed by atoms with van der Waals surface area (Å²) < 4.78 is 0. The number of halogens is 1. The zero-order valence-electron chi connectivity index (χ0n) is 14.4. The first-order chi connectivity index (χ1) is 12.0. The maximum Gasteiger partial charge on any atom is 0.251 e. The molecule has 2 atom stereocenters. The second kappa shape index (κ2) is 8.00. The predicted molar refractivity (Wildman–Crippen MR) is 103 cm³/mol. The number of nitrogens with one attached hydrogen (secondary N) is 1. The number of amides is 1. The lowest BCUT2D eigenvalue weighted by molar-refractivity contribution is 0.0882. The summed E-state index contributed by atoms with van der Waals surface area (Å²) >= 11 is 5.95. The van der Waals surface area contributed by atoms with Crippen molar-refractivity contribution in [1.29, 1.82) is 0 Å². The topological polar surface area (TPSA) is 58.4 Å². The van der Waals surface area contributed by atoms with Crippen LogP contribution in [-0.2, 0) is 0 Å². The number of nitrogens with two attached hydrogens (primary N) is 1. The van der Waals surface area contributed by atoms with Crippen LogP contribution in [-0.4, -0.2) is 36.1 Å². The second-order valence-electron chi connectivity index (χ2n) is 6.64. The Labute approximate surface area is 154 Å². The Morgan fingerprint density at radius 2 is 2.00 bits per heavy atom. The molecule has 0 aromatic heterocycles. The lowest BCUT2D eigenvalue weighted by Gasteiger charge is -2.35. The second-order valence-corrected chi connectivity index (χ2v) is 7.07. The summed E-state index contributed by atoms with van der Waals surface area (Å²) in [6.07, 6.45) is 2.07. The molecule has 1 unspecified atom stereocenters. The van der Waals surface area contributed by atoms with E-state index in [1.165, 1.54) is 0 Å². The van der Waals surface area contributed by atoms with E-state index in [0.29, 0.717) is 10.6 Å². The van der Waals surface area contributed by atoms with Gasteiger partial charge >= 0.3 is 0 Å². The van der Waals surface area contributed by atoms with Crippen molar-refractivity contribution in [1.82, 2.24) is 10.2 Å². The van der Waals surface area contributed by atoms with Crippen molar-refractivity contribution in [2.45, 2.75) is 32.0 Å². The molecule has 1 aliphatic heterocycles. The van der Waals surface area contributed by atoms with E-state index < -0.39 is 0 Å². The minimum Gasteiger partial charge on any atom is -0.348 e. The van der Waals surface area contributed by atoms with Crippen LogP contribution >= 0.6 is 11.6 Å². The number of piperidine rings is 1. The molecule has 4 nitrogen and oxygen atoms in total. The standard InChI is InChI=1S/C20H24ClN3O/c1-14(22)24-11-3-6-19(13-24)23-20(25)17-5-2-4-16(12-17)15-7-9-18(21)10-8-15/h2,4-5,7-10,12,14,19H,3,6,11,13,22H2,1H3,(H,23,25)/t14?,19-/m1/s1. The van der Waals surface area contributed by atoms with E-state index >= 15 is 0 Å². The van der Waals surface area contributed by atoms with E-state index in [0.717, 1.165) is 37.1 Å². The first-order valence-electron chi connectivity index (χ1n) is 8.69. The Kier molecular flexibility index (Phi) is 5.74. The van der Waals surface area contributed by atoms with Gasteiger partial charge in [-0.3, -0.25) is 9.69 Å². The Hall–Kier alpha value is -1.88. The lowest BCUT2D eigenvalue weighted by Crippen LogP contribution is -2.52. The van der Waals surface area contributed by atoms with Gasteiger partial charge in [-0.15, -0.1) is 0 Å². The molecular formula is C20H24ClN3O. The third kappa shape index (κ3) is 4.60. The Morgan fingerprint density at radius 1 is 1.24 bits per heavy atom. The van der Waals surface area contributed by atoms with Crippen LogP contribution in [0.5, 0.6) is 0 Å². The maximum absolute atomic E-state index is 12.6. The van der Waals surface area contributed by atoms with E-state index in [-0.39, 0.29) is 18.1 Å². The van der Waals surface area contributed by atoms with Crippen molar-refractivity contribution in [3.8, 4) is 11.1 Å². The third-order valence-corrected chi connectivity index (χ3v) is 4.92. The normalized spacial score (nSPS) is 19.4. The molecule has 0 saturated carbocycles. The van der Waals surface area contributed by atoms with E-state index in [4.69, 9.17) is 17.3 Å². The molecule has 1 fully saturated rings. The van der Waals surface area contributed by atoms with Gasteiger partial charge in [0.05, 0.1) is 6.17 Å². The Morgan fingerprint density at radius 3 is 2.72 bits per heavy atom. The van der Waals surface area contributed by atoms with Crippen molar-refractivity contribution in [3.05, 3.63) is 59.1 Å². The number of hydrogen-bond acceptors (Lipinski definition) is 3. The lowest BCUT2D eigenvalue weighted by atomic mass is 10.0. The summed E-state index contributed by atoms with van der Waals surface area (Å²) in [5.74, 6) is -0.0349. The number of rotatable bonds is 4. The summed E-state index contributed by atoms with van der Waals surface area (Å²) in [5.41, 5.74) is 8.69. The molecule has 3 rings (SSSR count). The van der Waals surface area contributed by atoms with E-state index in [9.17, 15) is 4.79 Å². The molecule has 5 heteroatoms. The van der Waals surface area contributed by atoms with Gasteiger partial charge in [0.1, 0.15) is 0 Å². The monoisotopic (exact) mass is 357 g/mol. The number of nitrogens with zero attached hydrogens (tertiary/aromatic N) is 1. The summed E-state index contributed by atoms with van der Waals surface area (Å²) in [7, 11) is 0. The molecule has 2 aromatic carbocycles. The Bertz CT molecular complexity index is 730. The molecule has 1 saturated heterocycles. The van der Waals surface area contributed by atoms with Crippen LogP contribution in [0.3, 0.4) is 0 Å². The Balaban J connectivity index is 1.70. The molecule has 0 bridgehead atoms. The van der Waals surface area contributed by atoms with Crippen molar-refractivity contribution in [2.24, 2.45) is 5.73 Å². The minimum absolute atomic E-state index is 0.0212. The molecule has 3 N–H and O–H groups in total. The molecule has 0 aliphatic carbocycles. The fraction of sp³-hybridized carbons (Fsp3) is 0.350. The quantitative estimate of drug-likeness (QED) is 0.880. The van der Waals surface area contributed by atoms with Gasteiger partial charge in [0.2, 0.25) is 0 Å². The third-order valence-electron chi connectivity index (χ3n) is 4.67. The maximum atomic E-state index is 12.6. The SMILES string of the molecule is CC(N)N1CCC[C@@H](NC(=O)c2cccc(-c3ccc(Cl)cc3)c2)C1. The molecule has 1 amide bonds. The molecule has 0 radical (unpaired) electrons. The first-order valence-corrected chi connectivity index (χ1v) is 9.07. The molecule has 1 aliphatic rings. The highest BCUT2D eigenvalue weighted by atomic mass is 35.5. The van der Waals surface area contributed by atoms with Gasteiger partial charge < -0.3 is 11.1 Å². The minimum atomic E-state index is -0.0349. The summed E-state index contributed by atoms with van der Waals surface area (Å²) in [5, 5.41) is 3.85. The van der Waals surface area contributed by atoms with Crippen LogP contribution in [0.25, 0.3) is 11.1 Å². The number of benzene rings is 2. The van der Waals surface area contributed by atoms with Crippen LogP contribution in [0.2, 0.25) is 5.02 Å². The van der Waals surface area contributed by atoms with E-state index in [2.05, 4.69) is 10.2 Å². The summed E-state index contributed by atoms with van der Waals surface area (Å²) in [6, 6.07) is 15.5. The zero-order valence-corrected chi connectivity index (χ0v) is 15.2. The number of carbonyl (C=O) groups is 1. The van der Waals surface area contributed by atoms with Gasteiger partial charge in [-0.25, -0.2) is 0 Å². The molecule has 132 valence electrons.